The van der Waals surface area contributed by atoms with Gasteiger partial charge in [0.2, 0.25) is 5.88 Å². The molecule has 0 unspecified atom stereocenters. The van der Waals surface area contributed by atoms with Gasteiger partial charge in [0.1, 0.15) is 11.5 Å². The predicted octanol–water partition coefficient (Wildman–Crippen LogP) is 2.93. The number of halogens is 1. The molecular formula is C12H13FN2O. The number of nitrogens with two attached hydrogens (primary N) is 1. The Hall–Kier alpha value is -1.84. The number of aryl methyl sites for hydroxylation is 2. The van der Waals surface area contributed by atoms with E-state index >= 15 is 0 Å². The standard InChI is InChI=1S/C12H13FN2O/c1-3-8-5-9(7(2)4-10(8)13)11-6-12(14)16-15-11/h4-6H,3,14H2,1-2H3. The first-order chi connectivity index (χ1) is 7.61. The highest BCUT2D eigenvalue weighted by Crippen LogP contribution is 2.26. The van der Waals surface area contributed by atoms with Gasteiger partial charge in [0.15, 0.2) is 0 Å². The third-order valence-electron chi connectivity index (χ3n) is 2.58. The van der Waals surface area contributed by atoms with Gasteiger partial charge in [0.25, 0.3) is 0 Å². The summed E-state index contributed by atoms with van der Waals surface area (Å²) in [6.45, 7) is 3.75. The zero-order valence-electron chi connectivity index (χ0n) is 9.25. The molecule has 3 nitrogen and oxygen atoms in total. The van der Waals surface area contributed by atoms with Crippen molar-refractivity contribution in [3.8, 4) is 11.3 Å². The molecule has 2 aromatic rings. The van der Waals surface area contributed by atoms with E-state index in [4.69, 9.17) is 10.3 Å². The highest BCUT2D eigenvalue weighted by molar-refractivity contribution is 5.66. The molecule has 2 N–H and O–H groups in total. The summed E-state index contributed by atoms with van der Waals surface area (Å²) in [6.07, 6.45) is 0.645. The van der Waals surface area contributed by atoms with Crippen molar-refractivity contribution in [2.24, 2.45) is 0 Å². The topological polar surface area (TPSA) is 52.0 Å². The van der Waals surface area contributed by atoms with Crippen LogP contribution in [0, 0.1) is 12.7 Å². The zero-order valence-corrected chi connectivity index (χ0v) is 9.25. The molecular weight excluding hydrogens is 207 g/mol. The van der Waals surface area contributed by atoms with Crippen LogP contribution in [0.25, 0.3) is 11.3 Å². The summed E-state index contributed by atoms with van der Waals surface area (Å²) < 4.78 is 18.3. The van der Waals surface area contributed by atoms with Gasteiger partial charge in [0.05, 0.1) is 0 Å². The van der Waals surface area contributed by atoms with Gasteiger partial charge >= 0.3 is 0 Å². The van der Waals surface area contributed by atoms with Crippen molar-refractivity contribution in [3.05, 3.63) is 35.1 Å². The van der Waals surface area contributed by atoms with Gasteiger partial charge in [-0.25, -0.2) is 4.39 Å². The highest BCUT2D eigenvalue weighted by Gasteiger charge is 2.11. The molecule has 0 aliphatic heterocycles. The van der Waals surface area contributed by atoms with E-state index in [1.54, 1.807) is 12.1 Å². The van der Waals surface area contributed by atoms with Gasteiger partial charge in [-0.05, 0) is 36.6 Å². The second-order valence-corrected chi connectivity index (χ2v) is 3.73. The lowest BCUT2D eigenvalue weighted by atomic mass is 10.0. The van der Waals surface area contributed by atoms with Crippen LogP contribution in [0.15, 0.2) is 22.7 Å². The number of rotatable bonds is 2. The lowest BCUT2D eigenvalue weighted by molar-refractivity contribution is 0.439. The summed E-state index contributed by atoms with van der Waals surface area (Å²) in [4.78, 5) is 0. The molecule has 0 saturated carbocycles. The fourth-order valence-corrected chi connectivity index (χ4v) is 1.68. The van der Waals surface area contributed by atoms with Crippen LogP contribution in [-0.2, 0) is 6.42 Å². The quantitative estimate of drug-likeness (QED) is 0.846. The molecule has 0 saturated heterocycles. The Morgan fingerprint density at radius 2 is 2.12 bits per heavy atom. The monoisotopic (exact) mass is 220 g/mol. The summed E-state index contributed by atoms with van der Waals surface area (Å²) in [5, 5.41) is 3.83. The number of nitrogen functional groups attached to an aromatic ring is 1. The lowest BCUT2D eigenvalue weighted by Gasteiger charge is -2.06. The molecule has 0 bridgehead atoms. The number of aromatic nitrogens is 1. The lowest BCUT2D eigenvalue weighted by Crippen LogP contribution is -1.92. The summed E-state index contributed by atoms with van der Waals surface area (Å²) in [6, 6.07) is 4.95. The molecule has 0 fully saturated rings. The second kappa shape index (κ2) is 3.96. The minimum absolute atomic E-state index is 0.180. The van der Waals surface area contributed by atoms with E-state index in [1.807, 2.05) is 13.8 Å². The molecule has 1 heterocycles. The molecule has 0 spiro atoms. The Morgan fingerprint density at radius 3 is 2.69 bits per heavy atom. The van der Waals surface area contributed by atoms with Crippen LogP contribution in [0.4, 0.5) is 10.3 Å². The third-order valence-corrected chi connectivity index (χ3v) is 2.58. The molecule has 1 aromatic carbocycles. The number of hydrogen-bond donors (Lipinski definition) is 1. The minimum Gasteiger partial charge on any atom is -0.368 e. The summed E-state index contributed by atoms with van der Waals surface area (Å²) in [7, 11) is 0. The van der Waals surface area contributed by atoms with Gasteiger partial charge in [-0.2, -0.15) is 0 Å². The van der Waals surface area contributed by atoms with Crippen molar-refractivity contribution >= 4 is 5.88 Å². The Labute approximate surface area is 93.1 Å². The molecule has 2 rings (SSSR count). The largest absolute Gasteiger partial charge is 0.368 e. The van der Waals surface area contributed by atoms with Crippen molar-refractivity contribution in [2.45, 2.75) is 20.3 Å². The van der Waals surface area contributed by atoms with Crippen molar-refractivity contribution in [3.63, 3.8) is 0 Å². The molecule has 0 amide bonds. The Bertz CT molecular complexity index is 520. The van der Waals surface area contributed by atoms with Crippen molar-refractivity contribution in [1.29, 1.82) is 0 Å². The average molecular weight is 220 g/mol. The Morgan fingerprint density at radius 1 is 1.38 bits per heavy atom. The molecule has 0 atom stereocenters. The normalized spacial score (nSPS) is 10.7. The van der Waals surface area contributed by atoms with Crippen LogP contribution < -0.4 is 5.73 Å². The van der Waals surface area contributed by atoms with Crippen LogP contribution >= 0.6 is 0 Å². The maximum atomic E-state index is 13.5. The number of benzene rings is 1. The summed E-state index contributed by atoms with van der Waals surface area (Å²) in [5.41, 5.74) is 8.46. The van der Waals surface area contributed by atoms with Gasteiger partial charge in [-0.3, -0.25) is 0 Å². The SMILES string of the molecule is CCc1cc(-c2cc(N)on2)c(C)cc1F. The number of hydrogen-bond acceptors (Lipinski definition) is 3. The van der Waals surface area contributed by atoms with Gasteiger partial charge in [-0.15, -0.1) is 0 Å². The zero-order chi connectivity index (χ0) is 11.7. The first-order valence-corrected chi connectivity index (χ1v) is 5.13. The highest BCUT2D eigenvalue weighted by atomic mass is 19.1. The minimum atomic E-state index is -0.180. The second-order valence-electron chi connectivity index (χ2n) is 3.73. The smallest absolute Gasteiger partial charge is 0.222 e. The van der Waals surface area contributed by atoms with Gasteiger partial charge in [0, 0.05) is 11.6 Å². The van der Waals surface area contributed by atoms with E-state index in [9.17, 15) is 4.39 Å². The van der Waals surface area contributed by atoms with E-state index in [0.29, 0.717) is 17.7 Å². The molecule has 0 aliphatic carbocycles. The van der Waals surface area contributed by atoms with Crippen molar-refractivity contribution in [1.82, 2.24) is 5.16 Å². The van der Waals surface area contributed by atoms with E-state index in [1.165, 1.54) is 6.07 Å². The van der Waals surface area contributed by atoms with Gasteiger partial charge in [-0.1, -0.05) is 12.1 Å². The Kier molecular flexibility index (Phi) is 2.64. The number of nitrogens with zero attached hydrogens (tertiary/aromatic N) is 1. The maximum Gasteiger partial charge on any atom is 0.222 e. The van der Waals surface area contributed by atoms with E-state index in [0.717, 1.165) is 11.1 Å². The van der Waals surface area contributed by atoms with Crippen LogP contribution in [0.2, 0.25) is 0 Å². The van der Waals surface area contributed by atoms with Crippen LogP contribution in [0.3, 0.4) is 0 Å². The van der Waals surface area contributed by atoms with Crippen molar-refractivity contribution < 1.29 is 8.91 Å². The van der Waals surface area contributed by atoms with Crippen LogP contribution in [0.5, 0.6) is 0 Å². The molecule has 84 valence electrons. The average Bonchev–Trinajstić information content (AvgIpc) is 2.65. The van der Waals surface area contributed by atoms with Gasteiger partial charge < -0.3 is 10.3 Å². The molecule has 0 radical (unpaired) electrons. The fraction of sp³-hybridized carbons (Fsp3) is 0.250. The number of anilines is 1. The molecule has 16 heavy (non-hydrogen) atoms. The first-order valence-electron chi connectivity index (χ1n) is 5.13. The van der Waals surface area contributed by atoms with E-state index < -0.39 is 0 Å². The first kappa shape index (κ1) is 10.7. The summed E-state index contributed by atoms with van der Waals surface area (Å²) >= 11 is 0. The third kappa shape index (κ3) is 1.78. The predicted molar refractivity (Wildman–Crippen MR) is 60.4 cm³/mol. The van der Waals surface area contributed by atoms with Crippen molar-refractivity contribution in [2.75, 3.05) is 5.73 Å². The van der Waals surface area contributed by atoms with Crippen LogP contribution in [0.1, 0.15) is 18.1 Å². The molecule has 4 heteroatoms. The fourth-order valence-electron chi connectivity index (χ4n) is 1.68. The summed E-state index contributed by atoms with van der Waals surface area (Å²) in [5.74, 6) is 0.0805. The maximum absolute atomic E-state index is 13.5. The van der Waals surface area contributed by atoms with E-state index in [-0.39, 0.29) is 11.7 Å². The molecule has 1 aromatic heterocycles. The Balaban J connectivity index is 2.56. The van der Waals surface area contributed by atoms with E-state index in [2.05, 4.69) is 5.16 Å². The molecule has 0 aliphatic rings. The van der Waals surface area contributed by atoms with Crippen LogP contribution in [-0.4, -0.2) is 5.16 Å².